The molecule has 0 saturated carbocycles. The highest BCUT2D eigenvalue weighted by molar-refractivity contribution is 5.75. The minimum Gasteiger partial charge on any atom is -0.483 e. The summed E-state index contributed by atoms with van der Waals surface area (Å²) in [6.45, 7) is 2.26. The Kier molecular flexibility index (Phi) is 6.42. The van der Waals surface area contributed by atoms with Crippen LogP contribution in [0.4, 0.5) is 0 Å². The number of aromatic nitrogens is 1. The number of aliphatic hydroxyl groups is 1. The van der Waals surface area contributed by atoms with Crippen LogP contribution < -0.4 is 25.0 Å². The molecule has 4 rings (SSSR count). The molecule has 1 aliphatic rings. The first kappa shape index (κ1) is 21.5. The second-order valence-electron chi connectivity index (χ2n) is 7.46. The summed E-state index contributed by atoms with van der Waals surface area (Å²) in [6, 6.07) is 14.5. The van der Waals surface area contributed by atoms with E-state index in [-0.39, 0.29) is 43.6 Å². The Morgan fingerprint density at radius 2 is 1.97 bits per heavy atom. The van der Waals surface area contributed by atoms with E-state index in [1.54, 1.807) is 6.07 Å². The van der Waals surface area contributed by atoms with Crippen LogP contribution in [-0.2, 0) is 31.1 Å². The van der Waals surface area contributed by atoms with Crippen molar-refractivity contribution in [3.05, 3.63) is 87.3 Å². The summed E-state index contributed by atoms with van der Waals surface area (Å²) in [7, 11) is 0. The number of fused-ring (bicyclic) bond motifs is 1. The maximum Gasteiger partial charge on any atom is 0.240 e. The first-order valence-electron chi connectivity index (χ1n) is 10.2. The van der Waals surface area contributed by atoms with Crippen LogP contribution in [0.15, 0.2) is 59.5 Å². The number of nitrogens with one attached hydrogen (secondary N) is 1. The molecular weight excluding hydrogens is 412 g/mol. The van der Waals surface area contributed by atoms with E-state index in [0.29, 0.717) is 23.7 Å². The topological polar surface area (TPSA) is 99.0 Å². The zero-order valence-corrected chi connectivity index (χ0v) is 17.7. The number of hydrogen-bond acceptors (Lipinski definition) is 6. The van der Waals surface area contributed by atoms with Gasteiger partial charge in [0.25, 0.3) is 0 Å². The van der Waals surface area contributed by atoms with Gasteiger partial charge >= 0.3 is 0 Å². The molecule has 1 aromatic heterocycles. The van der Waals surface area contributed by atoms with Crippen molar-refractivity contribution in [2.45, 2.75) is 33.2 Å². The molecule has 1 amide bonds. The molecule has 1 aliphatic heterocycles. The van der Waals surface area contributed by atoms with E-state index in [1.807, 2.05) is 43.3 Å². The quantitative estimate of drug-likeness (QED) is 0.562. The molecular formula is C24H24N2O6. The van der Waals surface area contributed by atoms with E-state index in [0.717, 1.165) is 16.7 Å². The molecule has 32 heavy (non-hydrogen) atoms. The molecule has 0 radical (unpaired) electrons. The third kappa shape index (κ3) is 4.92. The van der Waals surface area contributed by atoms with E-state index in [9.17, 15) is 14.7 Å². The summed E-state index contributed by atoms with van der Waals surface area (Å²) in [6.07, 6.45) is 1.46. The second kappa shape index (κ2) is 9.57. The number of nitrogens with zero attached hydrogens (tertiary/aromatic N) is 1. The Morgan fingerprint density at radius 3 is 2.78 bits per heavy atom. The minimum absolute atomic E-state index is 0.0680. The number of amides is 1. The van der Waals surface area contributed by atoms with E-state index in [4.69, 9.17) is 14.2 Å². The molecule has 0 aliphatic carbocycles. The molecule has 8 nitrogen and oxygen atoms in total. The number of rotatable bonds is 8. The standard InChI is InChI=1S/C24H24N2O6/c1-16-4-2-3-5-18(16)14-30-23-11-26(19(13-27)9-20(23)28)12-24(29)25-10-17-6-7-21-22(8-17)32-15-31-21/h2-9,11,27H,10,12-15H2,1H3,(H,25,29). The Morgan fingerprint density at radius 1 is 1.16 bits per heavy atom. The maximum absolute atomic E-state index is 12.5. The van der Waals surface area contributed by atoms with Gasteiger partial charge in [-0.2, -0.15) is 0 Å². The molecule has 2 N–H and O–H groups in total. The summed E-state index contributed by atoms with van der Waals surface area (Å²) in [5.74, 6) is 1.18. The van der Waals surface area contributed by atoms with Gasteiger partial charge < -0.3 is 29.2 Å². The SMILES string of the molecule is Cc1ccccc1COc1cn(CC(=O)NCc2ccc3c(c2)OCO3)c(CO)cc1=O. The van der Waals surface area contributed by atoms with Gasteiger partial charge in [0, 0.05) is 18.3 Å². The van der Waals surface area contributed by atoms with Crippen molar-refractivity contribution in [2.24, 2.45) is 0 Å². The molecule has 0 bridgehead atoms. The Labute approximate surface area is 185 Å². The van der Waals surface area contributed by atoms with Crippen LogP contribution in [-0.4, -0.2) is 22.4 Å². The lowest BCUT2D eigenvalue weighted by Gasteiger charge is -2.15. The van der Waals surface area contributed by atoms with Crippen molar-refractivity contribution in [3.63, 3.8) is 0 Å². The van der Waals surface area contributed by atoms with E-state index in [1.165, 1.54) is 16.8 Å². The normalized spacial score (nSPS) is 11.9. The maximum atomic E-state index is 12.5. The molecule has 0 unspecified atom stereocenters. The Bertz CT molecular complexity index is 1190. The molecule has 0 atom stereocenters. The molecule has 2 aromatic carbocycles. The highest BCUT2D eigenvalue weighted by Gasteiger charge is 2.14. The predicted octanol–water partition coefficient (Wildman–Crippen LogP) is 2.27. The van der Waals surface area contributed by atoms with E-state index < -0.39 is 0 Å². The summed E-state index contributed by atoms with van der Waals surface area (Å²) in [4.78, 5) is 24.9. The summed E-state index contributed by atoms with van der Waals surface area (Å²) in [5.41, 5.74) is 2.87. The van der Waals surface area contributed by atoms with Gasteiger partial charge in [0.2, 0.25) is 18.1 Å². The summed E-state index contributed by atoms with van der Waals surface area (Å²) >= 11 is 0. The summed E-state index contributed by atoms with van der Waals surface area (Å²) in [5, 5.41) is 12.5. The summed E-state index contributed by atoms with van der Waals surface area (Å²) < 4.78 is 17.9. The monoisotopic (exact) mass is 436 g/mol. The predicted molar refractivity (Wildman–Crippen MR) is 117 cm³/mol. The Hall–Kier alpha value is -3.78. The fraction of sp³-hybridized carbons (Fsp3) is 0.250. The van der Waals surface area contributed by atoms with Crippen LogP contribution in [0.5, 0.6) is 17.2 Å². The number of aliphatic hydroxyl groups excluding tert-OH is 1. The van der Waals surface area contributed by atoms with Gasteiger partial charge in [-0.3, -0.25) is 9.59 Å². The largest absolute Gasteiger partial charge is 0.483 e. The number of ether oxygens (including phenoxy) is 3. The van der Waals surface area contributed by atoms with Gasteiger partial charge in [0.1, 0.15) is 13.2 Å². The van der Waals surface area contributed by atoms with Crippen LogP contribution >= 0.6 is 0 Å². The molecule has 0 spiro atoms. The average molecular weight is 436 g/mol. The highest BCUT2D eigenvalue weighted by Crippen LogP contribution is 2.32. The van der Waals surface area contributed by atoms with Crippen LogP contribution in [0.25, 0.3) is 0 Å². The number of benzene rings is 2. The first-order chi connectivity index (χ1) is 15.5. The van der Waals surface area contributed by atoms with E-state index in [2.05, 4.69) is 5.32 Å². The van der Waals surface area contributed by atoms with Crippen LogP contribution in [0.3, 0.4) is 0 Å². The molecule has 2 heterocycles. The average Bonchev–Trinajstić information content (AvgIpc) is 3.26. The van der Waals surface area contributed by atoms with Gasteiger partial charge in [-0.25, -0.2) is 0 Å². The van der Waals surface area contributed by atoms with Gasteiger partial charge in [-0.05, 0) is 35.7 Å². The smallest absolute Gasteiger partial charge is 0.240 e. The van der Waals surface area contributed by atoms with Crippen molar-refractivity contribution < 1.29 is 24.1 Å². The third-order valence-corrected chi connectivity index (χ3v) is 5.23. The van der Waals surface area contributed by atoms with Crippen LogP contribution in [0, 0.1) is 6.92 Å². The van der Waals surface area contributed by atoms with Gasteiger partial charge in [0.05, 0.1) is 12.8 Å². The van der Waals surface area contributed by atoms with Crippen molar-refractivity contribution >= 4 is 5.91 Å². The molecule has 8 heteroatoms. The Balaban J connectivity index is 1.42. The number of pyridine rings is 1. The van der Waals surface area contributed by atoms with E-state index >= 15 is 0 Å². The third-order valence-electron chi connectivity index (χ3n) is 5.23. The molecule has 3 aromatic rings. The number of aryl methyl sites for hydroxylation is 1. The fourth-order valence-electron chi connectivity index (χ4n) is 3.38. The molecule has 0 fully saturated rings. The number of carbonyl (C=O) groups is 1. The van der Waals surface area contributed by atoms with Crippen molar-refractivity contribution in [2.75, 3.05) is 6.79 Å². The minimum atomic E-state index is -0.372. The zero-order chi connectivity index (χ0) is 22.5. The lowest BCUT2D eigenvalue weighted by molar-refractivity contribution is -0.121. The van der Waals surface area contributed by atoms with Gasteiger partial charge in [-0.15, -0.1) is 0 Å². The lowest BCUT2D eigenvalue weighted by atomic mass is 10.1. The van der Waals surface area contributed by atoms with Crippen molar-refractivity contribution in [3.8, 4) is 17.2 Å². The van der Waals surface area contributed by atoms with Crippen LogP contribution in [0.2, 0.25) is 0 Å². The molecule has 0 saturated heterocycles. The lowest BCUT2D eigenvalue weighted by Crippen LogP contribution is -2.29. The highest BCUT2D eigenvalue weighted by atomic mass is 16.7. The van der Waals surface area contributed by atoms with Crippen molar-refractivity contribution in [1.29, 1.82) is 0 Å². The van der Waals surface area contributed by atoms with Gasteiger partial charge in [-0.1, -0.05) is 30.3 Å². The number of carbonyl (C=O) groups excluding carboxylic acids is 1. The number of hydrogen-bond donors (Lipinski definition) is 2. The first-order valence-corrected chi connectivity index (χ1v) is 10.2. The molecule has 166 valence electrons. The second-order valence-corrected chi connectivity index (χ2v) is 7.46. The van der Waals surface area contributed by atoms with Crippen LogP contribution in [0.1, 0.15) is 22.4 Å². The fourth-order valence-corrected chi connectivity index (χ4v) is 3.38. The zero-order valence-electron chi connectivity index (χ0n) is 17.7. The van der Waals surface area contributed by atoms with Crippen molar-refractivity contribution in [1.82, 2.24) is 9.88 Å². The van der Waals surface area contributed by atoms with Gasteiger partial charge in [0.15, 0.2) is 17.2 Å².